The van der Waals surface area contributed by atoms with E-state index in [4.69, 9.17) is 39.5 Å². The standard InChI is InChI=1S/C33H35N5O5.C17H21NO3.C4H13NO7P2/c1-32(35-29(39)21-15-23-22-10-6-11-24-28(22)20(17-34-24)16-25(23)36(2)18-21)31(41)38-26(14-19-8-4-3-5-9-19)30(40)37-13-7-12-27(37)33(38,42)43-32;1-18-8-7-17-6-5-12(19)9-14(17)21-16-13(20-2)4-3-11(10-18)15(16)17;5-3-1-2-4(6,13(7,8)9)14(10,11)12/h3-6,8-11,15,17,21,25-27,34,42H,7,12-14,16,18H2,1-2H3,(H,35,39);3-6,12,14,19H,7-10H2,1-2H3;6H,1-3,5H2,(H2,7,8,9)(H2,10,11,12)/t21-,25-,26+,27+,32-,33+;12-,14-,17-;/m10./s1. The van der Waals surface area contributed by atoms with Gasteiger partial charge in [0.1, 0.15) is 18.2 Å². The monoisotopic (exact) mass is 1120 g/mol. The van der Waals surface area contributed by atoms with Crippen molar-refractivity contribution in [2.45, 2.75) is 117 Å². The number of aliphatic hydroxyl groups is 3. The molecule has 6 aliphatic heterocycles. The van der Waals surface area contributed by atoms with E-state index in [1.807, 2.05) is 61.7 Å². The Morgan fingerprint density at radius 2 is 1.76 bits per heavy atom. The molecule has 4 aromatic rings. The summed E-state index contributed by atoms with van der Waals surface area (Å²) < 4.78 is 39.4. The first kappa shape index (κ1) is 56.0. The highest BCUT2D eigenvalue weighted by Gasteiger charge is 2.70. The minimum absolute atomic E-state index is 0.00838. The number of nitrogens with one attached hydrogen (secondary N) is 2. The molecule has 3 amide bonds. The summed E-state index contributed by atoms with van der Waals surface area (Å²) in [6.45, 7) is 4.37. The summed E-state index contributed by atoms with van der Waals surface area (Å²) in [4.78, 5) is 87.1. The van der Waals surface area contributed by atoms with Crippen molar-refractivity contribution in [1.29, 1.82) is 0 Å². The summed E-state index contributed by atoms with van der Waals surface area (Å²) in [5.41, 5.74) is 11.1. The maximum atomic E-state index is 14.2. The van der Waals surface area contributed by atoms with Crippen molar-refractivity contribution < 1.29 is 72.6 Å². The molecule has 11 N–H and O–H groups in total. The van der Waals surface area contributed by atoms with Gasteiger partial charge < -0.3 is 70.2 Å². The number of H-pyrrole nitrogens is 1. The Balaban J connectivity index is 0.000000162. The van der Waals surface area contributed by atoms with Crippen molar-refractivity contribution in [1.82, 2.24) is 29.9 Å². The molecule has 3 aromatic carbocycles. The molecule has 3 fully saturated rings. The van der Waals surface area contributed by atoms with Gasteiger partial charge in [0.2, 0.25) is 17.5 Å². The molecule has 0 saturated carbocycles. The lowest BCUT2D eigenvalue weighted by Gasteiger charge is -2.48. The van der Waals surface area contributed by atoms with Crippen molar-refractivity contribution in [3.05, 3.63) is 113 Å². The number of fused-ring (bicyclic) bond motifs is 5. The van der Waals surface area contributed by atoms with E-state index in [9.17, 15) is 38.8 Å². The maximum Gasteiger partial charge on any atom is 0.369 e. The fourth-order valence-electron chi connectivity index (χ4n) is 13.0. The fraction of sp³-hybridized carbons (Fsp3) is 0.500. The van der Waals surface area contributed by atoms with Crippen LogP contribution in [0.25, 0.3) is 16.5 Å². The molecule has 420 valence electrons. The lowest BCUT2D eigenvalue weighted by molar-refractivity contribution is -0.315. The first-order chi connectivity index (χ1) is 36.9. The Kier molecular flexibility index (Phi) is 14.8. The van der Waals surface area contributed by atoms with Gasteiger partial charge in [-0.3, -0.25) is 38.1 Å². The average Bonchev–Trinajstić information content (AvgIpc) is 4.17. The number of methoxy groups -OCH3 is 1. The van der Waals surface area contributed by atoms with E-state index in [0.717, 1.165) is 59.6 Å². The molecule has 12 rings (SSSR count). The van der Waals surface area contributed by atoms with Crippen LogP contribution >= 0.6 is 15.2 Å². The highest BCUT2D eigenvalue weighted by Crippen LogP contribution is 2.69. The number of aromatic nitrogens is 1. The first-order valence-corrected chi connectivity index (χ1v) is 29.5. The van der Waals surface area contributed by atoms with Crippen LogP contribution in [-0.4, -0.2) is 172 Å². The molecule has 3 saturated heterocycles. The summed E-state index contributed by atoms with van der Waals surface area (Å²) in [5.74, 6) is -2.08. The number of hydrogen-bond acceptors (Lipinski definition) is 14. The lowest BCUT2D eigenvalue weighted by Crippen LogP contribution is -2.71. The summed E-state index contributed by atoms with van der Waals surface area (Å²) in [5, 5.41) is 32.0. The van der Waals surface area contributed by atoms with Gasteiger partial charge in [0.25, 0.3) is 16.9 Å². The molecule has 7 heterocycles. The number of likely N-dealkylation sites (N-methyl/N-ethyl adjacent to an activating group) is 1. The van der Waals surface area contributed by atoms with Gasteiger partial charge in [-0.25, -0.2) is 0 Å². The van der Waals surface area contributed by atoms with Gasteiger partial charge in [-0.2, -0.15) is 0 Å². The highest BCUT2D eigenvalue weighted by molar-refractivity contribution is 7.72. The zero-order valence-corrected chi connectivity index (χ0v) is 45.7. The fourth-order valence-corrected chi connectivity index (χ4v) is 15.3. The number of amides is 3. The summed E-state index contributed by atoms with van der Waals surface area (Å²) >= 11 is 0. The van der Waals surface area contributed by atoms with Crippen molar-refractivity contribution >= 4 is 49.4 Å². The Hall–Kier alpha value is -5.29. The Morgan fingerprint density at radius 3 is 2.46 bits per heavy atom. The molecule has 8 aliphatic rings. The van der Waals surface area contributed by atoms with Crippen LogP contribution in [0.15, 0.2) is 85.1 Å². The first-order valence-electron chi connectivity index (χ1n) is 26.3. The van der Waals surface area contributed by atoms with Crippen LogP contribution in [0, 0.1) is 5.92 Å². The second kappa shape index (κ2) is 20.7. The topological polar surface area (TPSA) is 321 Å². The van der Waals surface area contributed by atoms with Crippen molar-refractivity contribution in [3.8, 4) is 11.5 Å². The number of rotatable bonds is 10. The van der Waals surface area contributed by atoms with Gasteiger partial charge in [-0.15, -0.1) is 0 Å². The van der Waals surface area contributed by atoms with Crippen LogP contribution in [-0.2, 0) is 53.1 Å². The number of nitrogens with zero attached hydrogens (tertiary/aromatic N) is 4. The Labute approximate surface area is 451 Å². The summed E-state index contributed by atoms with van der Waals surface area (Å²) in [7, 11) is -4.74. The number of carbonyl (C=O) groups excluding carboxylic acids is 3. The van der Waals surface area contributed by atoms with Gasteiger partial charge in [0.05, 0.1) is 24.5 Å². The molecule has 1 spiro atoms. The zero-order chi connectivity index (χ0) is 55.9. The van der Waals surface area contributed by atoms with Gasteiger partial charge in [0, 0.05) is 67.6 Å². The second-order valence-electron chi connectivity index (χ2n) is 22.0. The van der Waals surface area contributed by atoms with E-state index >= 15 is 0 Å². The van der Waals surface area contributed by atoms with Crippen LogP contribution in [0.2, 0.25) is 0 Å². The van der Waals surface area contributed by atoms with E-state index in [1.165, 1.54) is 33.9 Å². The third-order valence-electron chi connectivity index (χ3n) is 16.9. The molecule has 0 bridgehead atoms. The van der Waals surface area contributed by atoms with Gasteiger partial charge in [-0.1, -0.05) is 66.8 Å². The third kappa shape index (κ3) is 9.45. The minimum atomic E-state index is -5.30. The Morgan fingerprint density at radius 1 is 1.01 bits per heavy atom. The number of nitrogens with two attached hydrogens (primary N) is 1. The molecule has 2 aliphatic carbocycles. The van der Waals surface area contributed by atoms with Crippen LogP contribution in [0.1, 0.15) is 73.3 Å². The third-order valence-corrected chi connectivity index (χ3v) is 20.8. The number of ether oxygens (including phenoxy) is 3. The molecule has 9 atom stereocenters. The quantitative estimate of drug-likeness (QED) is 0.0806. The number of piperazine rings is 1. The second-order valence-corrected chi connectivity index (χ2v) is 26.0. The SMILES string of the molecule is CN1C[C@H](C(=O)N[C@]2(C)O[C@@]3(O)[C@@H]4CCCN4C(=O)[C@H](Cc4ccccc4)N3C2=O)C=C2c3cccc4[nH]cc(c34)C[C@H]21.COc1ccc2c3c1O[C@H]1C[C@@H](O)C=C[C@@]31CCN(C)C2.NCCCC(O)(P(=O)(O)O)P(=O)(O)O. The van der Waals surface area contributed by atoms with Crippen molar-refractivity contribution in [2.24, 2.45) is 11.7 Å². The lowest BCUT2D eigenvalue weighted by atomic mass is 9.69. The van der Waals surface area contributed by atoms with Crippen LogP contribution in [0.5, 0.6) is 11.5 Å². The molecule has 0 unspecified atom stereocenters. The Bertz CT molecular complexity index is 3140. The molecule has 0 radical (unpaired) electrons. The van der Waals surface area contributed by atoms with Crippen molar-refractivity contribution in [3.63, 3.8) is 0 Å². The summed E-state index contributed by atoms with van der Waals surface area (Å²) in [6.07, 6.45) is 10.9. The number of hydrogen-bond donors (Lipinski definition) is 10. The van der Waals surface area contributed by atoms with E-state index in [2.05, 4.69) is 57.6 Å². The molecule has 24 heteroatoms. The normalized spacial score (nSPS) is 30.1. The van der Waals surface area contributed by atoms with E-state index in [-0.39, 0.29) is 48.8 Å². The number of carbonyl (C=O) groups is 3. The van der Waals surface area contributed by atoms with E-state index in [0.29, 0.717) is 32.4 Å². The molecule has 22 nitrogen and oxygen atoms in total. The van der Waals surface area contributed by atoms with Crippen molar-refractivity contribution in [2.75, 3.05) is 47.4 Å². The molecular weight excluding hydrogens is 1050 g/mol. The highest BCUT2D eigenvalue weighted by atomic mass is 31.2. The average molecular weight is 1120 g/mol. The maximum absolute atomic E-state index is 14.2. The summed E-state index contributed by atoms with van der Waals surface area (Å²) in [6, 6.07) is 18.3. The largest absolute Gasteiger partial charge is 0.493 e. The predicted octanol–water partition coefficient (Wildman–Crippen LogP) is 2.57. The van der Waals surface area contributed by atoms with Crippen LogP contribution < -0.4 is 20.5 Å². The van der Waals surface area contributed by atoms with Gasteiger partial charge in [0.15, 0.2) is 11.5 Å². The van der Waals surface area contributed by atoms with E-state index in [1.54, 1.807) is 12.0 Å². The number of aliphatic hydroxyl groups excluding tert-OH is 1. The molecule has 1 aromatic heterocycles. The number of benzene rings is 3. The van der Waals surface area contributed by atoms with Gasteiger partial charge >= 0.3 is 15.2 Å². The molecular formula is C54H69N7O15P2. The smallest absolute Gasteiger partial charge is 0.369 e. The molecule has 78 heavy (non-hydrogen) atoms. The zero-order valence-electron chi connectivity index (χ0n) is 43.9. The van der Waals surface area contributed by atoms with Crippen LogP contribution in [0.4, 0.5) is 0 Å². The minimum Gasteiger partial charge on any atom is -0.493 e. The number of aromatic amines is 1. The van der Waals surface area contributed by atoms with Gasteiger partial charge in [-0.05, 0) is 106 Å². The van der Waals surface area contributed by atoms with Crippen LogP contribution in [0.3, 0.4) is 0 Å². The predicted molar refractivity (Wildman–Crippen MR) is 285 cm³/mol. The van der Waals surface area contributed by atoms with E-state index < -0.39 is 68.3 Å².